The van der Waals surface area contributed by atoms with Crippen LogP contribution >= 0.6 is 0 Å². The Labute approximate surface area is 112 Å². The van der Waals surface area contributed by atoms with E-state index in [0.29, 0.717) is 16.9 Å². The smallest absolute Gasteiger partial charge is 0.0480 e. The molecular weight excluding hydrogens is 222 g/mol. The lowest BCUT2D eigenvalue weighted by atomic mass is 9.69. The zero-order chi connectivity index (χ0) is 12.8. The molecule has 0 aromatic carbocycles. The summed E-state index contributed by atoms with van der Waals surface area (Å²) in [7, 11) is 0. The van der Waals surface area contributed by atoms with Gasteiger partial charge in [0.1, 0.15) is 0 Å². The molecule has 4 unspecified atom stereocenters. The van der Waals surface area contributed by atoms with Gasteiger partial charge in [-0.1, -0.05) is 20.8 Å². The second-order valence-corrected chi connectivity index (χ2v) is 7.57. The number of fused-ring (bicyclic) bond motifs is 2. The van der Waals surface area contributed by atoms with E-state index in [4.69, 9.17) is 4.74 Å². The van der Waals surface area contributed by atoms with Gasteiger partial charge >= 0.3 is 0 Å². The average Bonchev–Trinajstić information content (AvgIpc) is 2.62. The lowest BCUT2D eigenvalue weighted by Crippen LogP contribution is -2.48. The normalized spacial score (nSPS) is 47.2. The molecule has 1 heterocycles. The molecule has 3 fully saturated rings. The molecular formula is C16H29NO. The van der Waals surface area contributed by atoms with Gasteiger partial charge in [0.05, 0.1) is 0 Å². The molecule has 3 aliphatic rings. The van der Waals surface area contributed by atoms with Crippen molar-refractivity contribution in [2.45, 2.75) is 71.4 Å². The molecule has 1 saturated heterocycles. The fourth-order valence-corrected chi connectivity index (χ4v) is 4.81. The molecule has 2 nitrogen and oxygen atoms in total. The maximum Gasteiger partial charge on any atom is 0.0480 e. The minimum atomic E-state index is 0.519. The van der Waals surface area contributed by atoms with Crippen LogP contribution in [-0.4, -0.2) is 25.3 Å². The Kier molecular flexibility index (Phi) is 3.22. The molecule has 104 valence electrons. The molecule has 18 heavy (non-hydrogen) atoms. The van der Waals surface area contributed by atoms with Gasteiger partial charge in [0.25, 0.3) is 0 Å². The van der Waals surface area contributed by atoms with Crippen LogP contribution in [0.1, 0.15) is 59.3 Å². The molecule has 2 heteroatoms. The number of ether oxygens (including phenoxy) is 1. The SMILES string of the molecule is CC1(C)C2CCC1(C)C(NC1CCCOCC1)C2. The Morgan fingerprint density at radius 1 is 1.06 bits per heavy atom. The predicted molar refractivity (Wildman–Crippen MR) is 74.6 cm³/mol. The Morgan fingerprint density at radius 2 is 1.89 bits per heavy atom. The van der Waals surface area contributed by atoms with Gasteiger partial charge < -0.3 is 10.1 Å². The molecule has 0 amide bonds. The molecule has 3 rings (SSSR count). The van der Waals surface area contributed by atoms with Crippen molar-refractivity contribution in [3.63, 3.8) is 0 Å². The van der Waals surface area contributed by atoms with Crippen molar-refractivity contribution >= 4 is 0 Å². The van der Waals surface area contributed by atoms with Crippen molar-refractivity contribution in [2.24, 2.45) is 16.7 Å². The van der Waals surface area contributed by atoms with Gasteiger partial charge in [0, 0.05) is 25.3 Å². The van der Waals surface area contributed by atoms with Crippen LogP contribution in [0.25, 0.3) is 0 Å². The lowest BCUT2D eigenvalue weighted by molar-refractivity contribution is 0.111. The molecule has 2 saturated carbocycles. The monoisotopic (exact) mass is 251 g/mol. The van der Waals surface area contributed by atoms with E-state index in [1.165, 1.54) is 38.5 Å². The standard InChI is InChI=1S/C16H29NO/c1-15(2)12-6-8-16(15,3)14(11-12)17-13-5-4-9-18-10-7-13/h12-14,17H,4-11H2,1-3H3. The first kappa shape index (κ1) is 12.9. The van der Waals surface area contributed by atoms with E-state index in [1.54, 1.807) is 0 Å². The van der Waals surface area contributed by atoms with Gasteiger partial charge in [-0.2, -0.15) is 0 Å². The van der Waals surface area contributed by atoms with Crippen LogP contribution in [0.5, 0.6) is 0 Å². The van der Waals surface area contributed by atoms with E-state index in [-0.39, 0.29) is 0 Å². The molecule has 0 spiro atoms. The Bertz CT molecular complexity index is 306. The molecule has 1 aliphatic heterocycles. The van der Waals surface area contributed by atoms with Crippen LogP contribution in [0, 0.1) is 16.7 Å². The van der Waals surface area contributed by atoms with Gasteiger partial charge in [0.15, 0.2) is 0 Å². The zero-order valence-corrected chi connectivity index (χ0v) is 12.3. The summed E-state index contributed by atoms with van der Waals surface area (Å²) < 4.78 is 5.58. The van der Waals surface area contributed by atoms with Gasteiger partial charge in [-0.25, -0.2) is 0 Å². The van der Waals surface area contributed by atoms with E-state index in [2.05, 4.69) is 26.1 Å². The summed E-state index contributed by atoms with van der Waals surface area (Å²) in [6.07, 6.45) is 8.02. The van der Waals surface area contributed by atoms with Crippen molar-refractivity contribution in [2.75, 3.05) is 13.2 Å². The largest absolute Gasteiger partial charge is 0.381 e. The number of rotatable bonds is 2. The highest BCUT2D eigenvalue weighted by Crippen LogP contribution is 2.65. The van der Waals surface area contributed by atoms with Crippen molar-refractivity contribution in [1.29, 1.82) is 0 Å². The summed E-state index contributed by atoms with van der Waals surface area (Å²) in [5.41, 5.74) is 1.05. The molecule has 0 aromatic heterocycles. The summed E-state index contributed by atoms with van der Waals surface area (Å²) in [6, 6.07) is 1.44. The summed E-state index contributed by atoms with van der Waals surface area (Å²) in [5.74, 6) is 0.946. The molecule has 4 atom stereocenters. The fourth-order valence-electron chi connectivity index (χ4n) is 4.81. The zero-order valence-electron chi connectivity index (χ0n) is 12.3. The average molecular weight is 251 g/mol. The summed E-state index contributed by atoms with van der Waals surface area (Å²) in [6.45, 7) is 9.46. The van der Waals surface area contributed by atoms with Crippen LogP contribution in [0.3, 0.4) is 0 Å². The minimum absolute atomic E-state index is 0.519. The first-order chi connectivity index (χ1) is 8.54. The molecule has 2 aliphatic carbocycles. The molecule has 0 aromatic rings. The summed E-state index contributed by atoms with van der Waals surface area (Å²) in [4.78, 5) is 0. The van der Waals surface area contributed by atoms with Crippen molar-refractivity contribution < 1.29 is 4.74 Å². The summed E-state index contributed by atoms with van der Waals surface area (Å²) in [5, 5.41) is 4.01. The van der Waals surface area contributed by atoms with Crippen LogP contribution in [0.2, 0.25) is 0 Å². The number of hydrogen-bond acceptors (Lipinski definition) is 2. The first-order valence-corrected chi connectivity index (χ1v) is 7.88. The summed E-state index contributed by atoms with van der Waals surface area (Å²) >= 11 is 0. The maximum atomic E-state index is 5.58. The van der Waals surface area contributed by atoms with E-state index < -0.39 is 0 Å². The van der Waals surface area contributed by atoms with E-state index >= 15 is 0 Å². The third kappa shape index (κ3) is 1.84. The van der Waals surface area contributed by atoms with E-state index in [0.717, 1.165) is 25.2 Å². The quantitative estimate of drug-likeness (QED) is 0.812. The van der Waals surface area contributed by atoms with Gasteiger partial charge in [0.2, 0.25) is 0 Å². The van der Waals surface area contributed by atoms with Crippen molar-refractivity contribution in [3.8, 4) is 0 Å². The van der Waals surface area contributed by atoms with E-state index in [1.807, 2.05) is 0 Å². The van der Waals surface area contributed by atoms with Crippen LogP contribution < -0.4 is 5.32 Å². The molecule has 1 N–H and O–H groups in total. The Balaban J connectivity index is 1.67. The fraction of sp³-hybridized carbons (Fsp3) is 1.00. The van der Waals surface area contributed by atoms with Crippen molar-refractivity contribution in [1.82, 2.24) is 5.32 Å². The highest BCUT2D eigenvalue weighted by molar-refractivity contribution is 5.13. The highest BCUT2D eigenvalue weighted by atomic mass is 16.5. The molecule has 2 bridgehead atoms. The highest BCUT2D eigenvalue weighted by Gasteiger charge is 2.61. The van der Waals surface area contributed by atoms with Crippen LogP contribution in [-0.2, 0) is 4.74 Å². The Hall–Kier alpha value is -0.0800. The van der Waals surface area contributed by atoms with E-state index in [9.17, 15) is 0 Å². The van der Waals surface area contributed by atoms with Crippen molar-refractivity contribution in [3.05, 3.63) is 0 Å². The Morgan fingerprint density at radius 3 is 2.56 bits per heavy atom. The topological polar surface area (TPSA) is 21.3 Å². The number of hydrogen-bond donors (Lipinski definition) is 1. The van der Waals surface area contributed by atoms with Gasteiger partial charge in [-0.05, 0) is 55.3 Å². The minimum Gasteiger partial charge on any atom is -0.381 e. The third-order valence-corrected chi connectivity index (χ3v) is 6.68. The van der Waals surface area contributed by atoms with Crippen LogP contribution in [0.15, 0.2) is 0 Å². The first-order valence-electron chi connectivity index (χ1n) is 7.88. The molecule has 0 radical (unpaired) electrons. The lowest BCUT2D eigenvalue weighted by Gasteiger charge is -2.41. The maximum absolute atomic E-state index is 5.58. The van der Waals surface area contributed by atoms with Gasteiger partial charge in [-0.3, -0.25) is 0 Å². The van der Waals surface area contributed by atoms with Gasteiger partial charge in [-0.15, -0.1) is 0 Å². The van der Waals surface area contributed by atoms with Crippen LogP contribution in [0.4, 0.5) is 0 Å². The second kappa shape index (κ2) is 4.49. The third-order valence-electron chi connectivity index (χ3n) is 6.68. The predicted octanol–water partition coefficient (Wildman–Crippen LogP) is 3.36. The number of nitrogens with one attached hydrogen (secondary N) is 1. The second-order valence-electron chi connectivity index (χ2n) is 7.57.